The van der Waals surface area contributed by atoms with Gasteiger partial charge in [-0.15, -0.1) is 0 Å². The second kappa shape index (κ2) is 3.03. The normalized spacial score (nSPS) is 30.2. The van der Waals surface area contributed by atoms with Gasteiger partial charge in [0.1, 0.15) is 17.8 Å². The number of hydrogen-bond acceptors (Lipinski definition) is 3. The molecule has 3 nitrogen and oxygen atoms in total. The van der Waals surface area contributed by atoms with E-state index in [4.69, 9.17) is 4.74 Å². The SMILES string of the molecule is CCC(=O)C1CC(C)OC1=O. The summed E-state index contributed by atoms with van der Waals surface area (Å²) in [5, 5.41) is 0. The molecule has 62 valence electrons. The van der Waals surface area contributed by atoms with Gasteiger partial charge in [-0.3, -0.25) is 9.59 Å². The summed E-state index contributed by atoms with van der Waals surface area (Å²) in [6, 6.07) is 0. The van der Waals surface area contributed by atoms with Crippen molar-refractivity contribution in [2.24, 2.45) is 5.92 Å². The van der Waals surface area contributed by atoms with E-state index in [1.165, 1.54) is 0 Å². The van der Waals surface area contributed by atoms with Crippen LogP contribution in [0, 0.1) is 5.92 Å². The Labute approximate surface area is 65.7 Å². The predicted octanol–water partition coefficient (Wildman–Crippen LogP) is 0.917. The van der Waals surface area contributed by atoms with Crippen molar-refractivity contribution in [3.05, 3.63) is 0 Å². The largest absolute Gasteiger partial charge is 0.462 e. The number of cyclic esters (lactones) is 1. The fourth-order valence-corrected chi connectivity index (χ4v) is 1.27. The van der Waals surface area contributed by atoms with Crippen LogP contribution in [0.15, 0.2) is 0 Å². The Morgan fingerprint density at radius 3 is 2.73 bits per heavy atom. The Morgan fingerprint density at radius 1 is 1.73 bits per heavy atom. The average molecular weight is 156 g/mol. The third-order valence-corrected chi connectivity index (χ3v) is 1.91. The standard InChI is InChI=1S/C8H12O3/c1-3-7(9)6-4-5(2)11-8(6)10/h5-6H,3-4H2,1-2H3. The molecule has 1 aliphatic heterocycles. The lowest BCUT2D eigenvalue weighted by Crippen LogP contribution is -2.17. The Morgan fingerprint density at radius 2 is 2.36 bits per heavy atom. The zero-order valence-corrected chi connectivity index (χ0v) is 6.79. The van der Waals surface area contributed by atoms with E-state index in [0.29, 0.717) is 12.8 Å². The van der Waals surface area contributed by atoms with Crippen LogP contribution in [0.2, 0.25) is 0 Å². The lowest BCUT2D eigenvalue weighted by molar-refractivity contribution is -0.146. The van der Waals surface area contributed by atoms with E-state index in [1.54, 1.807) is 13.8 Å². The number of carbonyl (C=O) groups excluding carboxylic acids is 2. The van der Waals surface area contributed by atoms with Crippen molar-refractivity contribution in [1.82, 2.24) is 0 Å². The van der Waals surface area contributed by atoms with Crippen LogP contribution in [0.3, 0.4) is 0 Å². The monoisotopic (exact) mass is 156 g/mol. The second-order valence-electron chi connectivity index (χ2n) is 2.86. The first-order valence-corrected chi connectivity index (χ1v) is 3.88. The maximum atomic E-state index is 11.1. The van der Waals surface area contributed by atoms with Crippen molar-refractivity contribution in [2.45, 2.75) is 32.8 Å². The van der Waals surface area contributed by atoms with Gasteiger partial charge in [0.05, 0.1) is 0 Å². The molecule has 0 aromatic heterocycles. The highest BCUT2D eigenvalue weighted by Crippen LogP contribution is 2.22. The highest BCUT2D eigenvalue weighted by atomic mass is 16.5. The van der Waals surface area contributed by atoms with Crippen LogP contribution in [0.4, 0.5) is 0 Å². The van der Waals surface area contributed by atoms with Gasteiger partial charge >= 0.3 is 5.97 Å². The molecule has 0 aromatic carbocycles. The summed E-state index contributed by atoms with van der Waals surface area (Å²) in [6.07, 6.45) is 0.904. The van der Waals surface area contributed by atoms with Gasteiger partial charge in [-0.1, -0.05) is 6.92 Å². The molecule has 0 N–H and O–H groups in total. The van der Waals surface area contributed by atoms with Crippen LogP contribution in [-0.4, -0.2) is 17.9 Å². The molecule has 0 aromatic rings. The van der Waals surface area contributed by atoms with Crippen LogP contribution in [0.5, 0.6) is 0 Å². The molecule has 3 heteroatoms. The van der Waals surface area contributed by atoms with E-state index < -0.39 is 5.92 Å². The highest BCUT2D eigenvalue weighted by molar-refractivity contribution is 5.99. The number of ketones is 1. The van der Waals surface area contributed by atoms with Crippen molar-refractivity contribution in [1.29, 1.82) is 0 Å². The molecule has 1 rings (SSSR count). The van der Waals surface area contributed by atoms with Crippen LogP contribution >= 0.6 is 0 Å². The minimum atomic E-state index is -0.477. The second-order valence-corrected chi connectivity index (χ2v) is 2.86. The van der Waals surface area contributed by atoms with Gasteiger partial charge in [-0.05, 0) is 6.92 Å². The number of ether oxygens (including phenoxy) is 1. The van der Waals surface area contributed by atoms with E-state index >= 15 is 0 Å². The molecule has 0 radical (unpaired) electrons. The Bertz CT molecular complexity index is 178. The number of rotatable bonds is 2. The summed E-state index contributed by atoms with van der Waals surface area (Å²) >= 11 is 0. The first-order valence-electron chi connectivity index (χ1n) is 3.88. The van der Waals surface area contributed by atoms with Gasteiger partial charge in [0.15, 0.2) is 0 Å². The molecule has 2 atom stereocenters. The van der Waals surface area contributed by atoms with Crippen LogP contribution < -0.4 is 0 Å². The van der Waals surface area contributed by atoms with E-state index in [2.05, 4.69) is 0 Å². The lowest BCUT2D eigenvalue weighted by Gasteiger charge is -1.99. The smallest absolute Gasteiger partial charge is 0.316 e. The molecule has 0 saturated carbocycles. The molecule has 0 spiro atoms. The van der Waals surface area contributed by atoms with E-state index in [0.717, 1.165) is 0 Å². The van der Waals surface area contributed by atoms with Crippen molar-refractivity contribution in [3.63, 3.8) is 0 Å². The maximum absolute atomic E-state index is 11.1. The highest BCUT2D eigenvalue weighted by Gasteiger charge is 2.35. The molecule has 1 fully saturated rings. The quantitative estimate of drug-likeness (QED) is 0.441. The van der Waals surface area contributed by atoms with Gasteiger partial charge in [0, 0.05) is 12.8 Å². The van der Waals surface area contributed by atoms with Crippen LogP contribution in [0.1, 0.15) is 26.7 Å². The number of esters is 1. The summed E-state index contributed by atoms with van der Waals surface area (Å²) in [4.78, 5) is 22.0. The fraction of sp³-hybridized carbons (Fsp3) is 0.750. The predicted molar refractivity (Wildman–Crippen MR) is 39.0 cm³/mol. The van der Waals surface area contributed by atoms with E-state index in [-0.39, 0.29) is 17.9 Å². The minimum absolute atomic E-state index is 0.000602. The van der Waals surface area contributed by atoms with Gasteiger partial charge in [0.2, 0.25) is 0 Å². The van der Waals surface area contributed by atoms with Crippen LogP contribution in [-0.2, 0) is 14.3 Å². The third kappa shape index (κ3) is 1.59. The van der Waals surface area contributed by atoms with Gasteiger partial charge in [-0.25, -0.2) is 0 Å². The average Bonchev–Trinajstić information content (AvgIpc) is 2.28. The lowest BCUT2D eigenvalue weighted by atomic mass is 9.99. The molecule has 0 amide bonds. The van der Waals surface area contributed by atoms with Gasteiger partial charge in [-0.2, -0.15) is 0 Å². The fourth-order valence-electron chi connectivity index (χ4n) is 1.27. The summed E-state index contributed by atoms with van der Waals surface area (Å²) in [7, 11) is 0. The summed E-state index contributed by atoms with van der Waals surface area (Å²) < 4.78 is 4.84. The molecule has 2 unspecified atom stereocenters. The number of carbonyl (C=O) groups is 2. The van der Waals surface area contributed by atoms with Crippen molar-refractivity contribution in [2.75, 3.05) is 0 Å². The van der Waals surface area contributed by atoms with Crippen LogP contribution in [0.25, 0.3) is 0 Å². The molecule has 1 heterocycles. The minimum Gasteiger partial charge on any atom is -0.462 e. The summed E-state index contributed by atoms with van der Waals surface area (Å²) in [6.45, 7) is 3.57. The van der Waals surface area contributed by atoms with Crippen molar-refractivity contribution >= 4 is 11.8 Å². The van der Waals surface area contributed by atoms with Gasteiger partial charge in [0.25, 0.3) is 0 Å². The van der Waals surface area contributed by atoms with Gasteiger partial charge < -0.3 is 4.74 Å². The van der Waals surface area contributed by atoms with E-state index in [9.17, 15) is 9.59 Å². The van der Waals surface area contributed by atoms with Crippen molar-refractivity contribution in [3.8, 4) is 0 Å². The molecule has 0 bridgehead atoms. The number of hydrogen-bond donors (Lipinski definition) is 0. The molecular formula is C8H12O3. The Balaban J connectivity index is 2.60. The van der Waals surface area contributed by atoms with Crippen molar-refractivity contribution < 1.29 is 14.3 Å². The zero-order valence-electron chi connectivity index (χ0n) is 6.79. The molecular weight excluding hydrogens is 144 g/mol. The summed E-state index contributed by atoms with van der Waals surface area (Å²) in [5.74, 6) is -0.821. The zero-order chi connectivity index (χ0) is 8.43. The topological polar surface area (TPSA) is 43.4 Å². The first kappa shape index (κ1) is 8.24. The molecule has 0 aliphatic carbocycles. The Hall–Kier alpha value is -0.860. The third-order valence-electron chi connectivity index (χ3n) is 1.91. The first-order chi connectivity index (χ1) is 5.15. The number of Topliss-reactive ketones (excluding diaryl/α,β-unsaturated/α-hetero) is 1. The Kier molecular flexibility index (Phi) is 2.27. The molecule has 1 saturated heterocycles. The maximum Gasteiger partial charge on any atom is 0.316 e. The summed E-state index contributed by atoms with van der Waals surface area (Å²) in [5.41, 5.74) is 0. The molecule has 1 aliphatic rings. The molecule has 11 heavy (non-hydrogen) atoms. The van der Waals surface area contributed by atoms with E-state index in [1.807, 2.05) is 0 Å².